The first-order valence-electron chi connectivity index (χ1n) is 6.14. The Morgan fingerprint density at radius 3 is 2.25 bits per heavy atom. The third kappa shape index (κ3) is 2.08. The molecule has 2 aromatic rings. The van der Waals surface area contributed by atoms with Gasteiger partial charge >= 0.3 is 0 Å². The van der Waals surface area contributed by atoms with Crippen molar-refractivity contribution in [1.29, 1.82) is 0 Å². The molecule has 0 atom stereocenters. The predicted molar refractivity (Wildman–Crippen MR) is 74.8 cm³/mol. The predicted octanol–water partition coefficient (Wildman–Crippen LogP) is 2.91. The molecule has 3 rings (SSSR count). The van der Waals surface area contributed by atoms with Crippen molar-refractivity contribution in [3.63, 3.8) is 0 Å². The van der Waals surface area contributed by atoms with Crippen molar-refractivity contribution >= 4 is 17.5 Å². The molecule has 1 aliphatic rings. The number of phenolic OH excluding ortho intramolecular Hbond substituents is 2. The first kappa shape index (κ1) is 12.8. The van der Waals surface area contributed by atoms with Gasteiger partial charge in [0.1, 0.15) is 11.5 Å². The van der Waals surface area contributed by atoms with Crippen LogP contribution >= 0.6 is 11.6 Å². The standard InChI is InChI=1S/C15H12ClNO3/c16-12-5-11(13(18)6-14(12)19)15(20)17-7-9-3-1-2-4-10(9)8-17/h1-6,18-19H,7-8H2. The lowest BCUT2D eigenvalue weighted by atomic mass is 10.1. The van der Waals surface area contributed by atoms with Crippen LogP contribution in [-0.2, 0) is 13.1 Å². The molecule has 2 N–H and O–H groups in total. The van der Waals surface area contributed by atoms with Crippen LogP contribution in [0.5, 0.6) is 11.5 Å². The van der Waals surface area contributed by atoms with Crippen LogP contribution in [0.2, 0.25) is 5.02 Å². The molecule has 20 heavy (non-hydrogen) atoms. The summed E-state index contributed by atoms with van der Waals surface area (Å²) in [5, 5.41) is 19.2. The Morgan fingerprint density at radius 2 is 1.65 bits per heavy atom. The summed E-state index contributed by atoms with van der Waals surface area (Å²) in [4.78, 5) is 14.1. The van der Waals surface area contributed by atoms with E-state index in [9.17, 15) is 15.0 Å². The molecule has 0 unspecified atom stereocenters. The quantitative estimate of drug-likeness (QED) is 0.848. The first-order valence-corrected chi connectivity index (χ1v) is 6.51. The van der Waals surface area contributed by atoms with Gasteiger partial charge in [-0.3, -0.25) is 4.79 Å². The van der Waals surface area contributed by atoms with E-state index in [0.29, 0.717) is 13.1 Å². The topological polar surface area (TPSA) is 60.8 Å². The highest BCUT2D eigenvalue weighted by molar-refractivity contribution is 6.32. The largest absolute Gasteiger partial charge is 0.507 e. The molecule has 0 radical (unpaired) electrons. The van der Waals surface area contributed by atoms with Gasteiger partial charge in [0.15, 0.2) is 0 Å². The molecular weight excluding hydrogens is 278 g/mol. The van der Waals surface area contributed by atoms with Gasteiger partial charge in [-0.15, -0.1) is 0 Å². The Labute approximate surface area is 120 Å². The number of carbonyl (C=O) groups is 1. The number of nitrogens with zero attached hydrogens (tertiary/aromatic N) is 1. The van der Waals surface area contributed by atoms with Crippen molar-refractivity contribution < 1.29 is 15.0 Å². The molecular formula is C15H12ClNO3. The van der Waals surface area contributed by atoms with Crippen LogP contribution in [0.1, 0.15) is 21.5 Å². The van der Waals surface area contributed by atoms with Crippen LogP contribution in [0.4, 0.5) is 0 Å². The molecule has 0 fully saturated rings. The second-order valence-electron chi connectivity index (χ2n) is 4.75. The third-order valence-electron chi connectivity index (χ3n) is 3.42. The molecule has 0 aliphatic carbocycles. The number of halogens is 1. The van der Waals surface area contributed by atoms with Gasteiger partial charge in [0, 0.05) is 19.2 Å². The number of hydrogen-bond acceptors (Lipinski definition) is 3. The van der Waals surface area contributed by atoms with E-state index < -0.39 is 0 Å². The summed E-state index contributed by atoms with van der Waals surface area (Å²) < 4.78 is 0. The lowest BCUT2D eigenvalue weighted by molar-refractivity contribution is 0.0748. The van der Waals surface area contributed by atoms with E-state index in [2.05, 4.69) is 0 Å². The number of benzene rings is 2. The molecule has 0 aromatic heterocycles. The highest BCUT2D eigenvalue weighted by atomic mass is 35.5. The summed E-state index contributed by atoms with van der Waals surface area (Å²) in [6.45, 7) is 1.01. The SMILES string of the molecule is O=C(c1cc(Cl)c(O)cc1O)N1Cc2ccccc2C1. The van der Waals surface area contributed by atoms with Gasteiger partial charge in [0.25, 0.3) is 5.91 Å². The zero-order chi connectivity index (χ0) is 14.3. The smallest absolute Gasteiger partial charge is 0.258 e. The summed E-state index contributed by atoms with van der Waals surface area (Å²) in [5.41, 5.74) is 2.30. The second kappa shape index (κ2) is 4.72. The first-order chi connectivity index (χ1) is 9.56. The van der Waals surface area contributed by atoms with Gasteiger partial charge < -0.3 is 15.1 Å². The maximum Gasteiger partial charge on any atom is 0.258 e. The number of aromatic hydroxyl groups is 2. The lowest BCUT2D eigenvalue weighted by Gasteiger charge is -2.16. The maximum absolute atomic E-state index is 12.4. The molecule has 1 heterocycles. The van der Waals surface area contributed by atoms with Crippen LogP contribution in [0.15, 0.2) is 36.4 Å². The van der Waals surface area contributed by atoms with Crippen molar-refractivity contribution in [2.75, 3.05) is 0 Å². The summed E-state index contributed by atoms with van der Waals surface area (Å²) in [7, 11) is 0. The van der Waals surface area contributed by atoms with Crippen LogP contribution in [0, 0.1) is 0 Å². The number of amides is 1. The van der Waals surface area contributed by atoms with Gasteiger partial charge in [0.2, 0.25) is 0 Å². The number of fused-ring (bicyclic) bond motifs is 1. The Kier molecular flexibility index (Phi) is 3.03. The summed E-state index contributed by atoms with van der Waals surface area (Å²) in [5.74, 6) is -0.820. The van der Waals surface area contributed by atoms with Crippen LogP contribution in [0.25, 0.3) is 0 Å². The zero-order valence-electron chi connectivity index (χ0n) is 10.5. The van der Waals surface area contributed by atoms with Crippen LogP contribution in [0.3, 0.4) is 0 Å². The normalized spacial score (nSPS) is 13.3. The minimum absolute atomic E-state index is 0.0443. The Balaban J connectivity index is 1.90. The van der Waals surface area contributed by atoms with E-state index in [-0.39, 0.29) is 28.0 Å². The molecule has 2 aromatic carbocycles. The maximum atomic E-state index is 12.4. The summed E-state index contributed by atoms with van der Waals surface area (Å²) in [6, 6.07) is 10.2. The molecule has 0 saturated heterocycles. The Bertz CT molecular complexity index is 675. The molecule has 0 spiro atoms. The monoisotopic (exact) mass is 289 g/mol. The van der Waals surface area contributed by atoms with E-state index in [1.807, 2.05) is 24.3 Å². The van der Waals surface area contributed by atoms with Gasteiger partial charge in [-0.1, -0.05) is 35.9 Å². The second-order valence-corrected chi connectivity index (χ2v) is 5.16. The van der Waals surface area contributed by atoms with Crippen molar-refractivity contribution in [3.8, 4) is 11.5 Å². The fourth-order valence-electron chi connectivity index (χ4n) is 2.37. The van der Waals surface area contributed by atoms with Gasteiger partial charge in [-0.05, 0) is 17.2 Å². The average Bonchev–Trinajstić information content (AvgIpc) is 2.86. The number of carbonyl (C=O) groups excluding carboxylic acids is 1. The minimum atomic E-state index is -0.305. The molecule has 1 amide bonds. The van der Waals surface area contributed by atoms with E-state index in [1.165, 1.54) is 6.07 Å². The zero-order valence-corrected chi connectivity index (χ0v) is 11.3. The van der Waals surface area contributed by atoms with Gasteiger partial charge in [-0.25, -0.2) is 0 Å². The fraction of sp³-hybridized carbons (Fsp3) is 0.133. The van der Waals surface area contributed by atoms with Crippen LogP contribution < -0.4 is 0 Å². The summed E-state index contributed by atoms with van der Waals surface area (Å²) >= 11 is 5.79. The van der Waals surface area contributed by atoms with E-state index >= 15 is 0 Å². The van der Waals surface area contributed by atoms with Gasteiger partial charge in [-0.2, -0.15) is 0 Å². The molecule has 102 valence electrons. The Morgan fingerprint density at radius 1 is 1.05 bits per heavy atom. The average molecular weight is 290 g/mol. The Hall–Kier alpha value is -2.20. The fourth-order valence-corrected chi connectivity index (χ4v) is 2.53. The van der Waals surface area contributed by atoms with E-state index in [0.717, 1.165) is 17.2 Å². The minimum Gasteiger partial charge on any atom is -0.507 e. The highest BCUT2D eigenvalue weighted by Gasteiger charge is 2.26. The molecule has 4 nitrogen and oxygen atoms in total. The number of phenols is 2. The van der Waals surface area contributed by atoms with Crippen molar-refractivity contribution in [3.05, 3.63) is 58.1 Å². The molecule has 1 aliphatic heterocycles. The highest BCUT2D eigenvalue weighted by Crippen LogP contribution is 2.33. The lowest BCUT2D eigenvalue weighted by Crippen LogP contribution is -2.25. The van der Waals surface area contributed by atoms with Crippen molar-refractivity contribution in [2.45, 2.75) is 13.1 Å². The number of hydrogen-bond donors (Lipinski definition) is 2. The molecule has 5 heteroatoms. The third-order valence-corrected chi connectivity index (χ3v) is 3.73. The van der Waals surface area contributed by atoms with E-state index in [1.54, 1.807) is 4.90 Å². The van der Waals surface area contributed by atoms with Gasteiger partial charge in [0.05, 0.1) is 10.6 Å². The molecule has 0 saturated carbocycles. The van der Waals surface area contributed by atoms with Crippen LogP contribution in [-0.4, -0.2) is 21.0 Å². The van der Waals surface area contributed by atoms with Crippen molar-refractivity contribution in [1.82, 2.24) is 4.90 Å². The number of rotatable bonds is 1. The summed E-state index contributed by atoms with van der Waals surface area (Å²) in [6.07, 6.45) is 0. The van der Waals surface area contributed by atoms with Crippen molar-refractivity contribution in [2.24, 2.45) is 0 Å². The molecule has 0 bridgehead atoms. The van der Waals surface area contributed by atoms with E-state index in [4.69, 9.17) is 11.6 Å².